The molecule has 1 atom stereocenters. The van der Waals surface area contributed by atoms with Gasteiger partial charge in [-0.2, -0.15) is 5.26 Å². The maximum Gasteiger partial charge on any atom is 0.415 e. The van der Waals surface area contributed by atoms with Gasteiger partial charge in [0, 0.05) is 31.5 Å². The standard InChI is InChI=1S/C25H29N3O6/c1-4-32-19-11-15(5-6-18(19)34-24(30)28-7-9-31-10-8-28)21-16(14-26)23(27)33-20-13-25(2,3)12-17(29)22(20)21/h5-6,11,21H,4,7-10,12-13,27H2,1-3H3/t21-/m0/s1. The molecule has 1 amide bonds. The number of allylic oxidation sites excluding steroid dienone is 3. The smallest absolute Gasteiger partial charge is 0.415 e. The van der Waals surface area contributed by atoms with E-state index in [4.69, 9.17) is 24.7 Å². The summed E-state index contributed by atoms with van der Waals surface area (Å²) in [5.41, 5.74) is 7.10. The van der Waals surface area contributed by atoms with Crippen molar-refractivity contribution in [2.24, 2.45) is 11.1 Å². The van der Waals surface area contributed by atoms with Gasteiger partial charge in [-0.15, -0.1) is 0 Å². The van der Waals surface area contributed by atoms with Crippen LogP contribution in [0.25, 0.3) is 0 Å². The van der Waals surface area contributed by atoms with Crippen molar-refractivity contribution >= 4 is 11.9 Å². The average molecular weight is 468 g/mol. The van der Waals surface area contributed by atoms with E-state index in [2.05, 4.69) is 6.07 Å². The van der Waals surface area contributed by atoms with Crippen LogP contribution in [0.5, 0.6) is 11.5 Å². The number of benzene rings is 1. The maximum atomic E-state index is 13.2. The average Bonchev–Trinajstić information content (AvgIpc) is 2.79. The number of hydrogen-bond acceptors (Lipinski definition) is 8. The van der Waals surface area contributed by atoms with E-state index in [9.17, 15) is 14.9 Å². The molecule has 0 saturated carbocycles. The van der Waals surface area contributed by atoms with Gasteiger partial charge in [0.2, 0.25) is 5.88 Å². The number of carbonyl (C=O) groups is 2. The van der Waals surface area contributed by atoms with E-state index in [-0.39, 0.29) is 28.4 Å². The lowest BCUT2D eigenvalue weighted by atomic mass is 9.70. The Labute approximate surface area is 198 Å². The van der Waals surface area contributed by atoms with Gasteiger partial charge in [0.25, 0.3) is 0 Å². The highest BCUT2D eigenvalue weighted by Gasteiger charge is 2.43. The maximum absolute atomic E-state index is 13.2. The van der Waals surface area contributed by atoms with Crippen molar-refractivity contribution in [3.05, 3.63) is 46.6 Å². The Hall–Kier alpha value is -3.51. The highest BCUT2D eigenvalue weighted by Crippen LogP contribution is 2.48. The first-order valence-electron chi connectivity index (χ1n) is 11.4. The van der Waals surface area contributed by atoms with Crippen LogP contribution in [0.4, 0.5) is 4.79 Å². The second kappa shape index (κ2) is 9.39. The van der Waals surface area contributed by atoms with Crippen LogP contribution in [0.3, 0.4) is 0 Å². The molecular formula is C25H29N3O6. The largest absolute Gasteiger partial charge is 0.490 e. The van der Waals surface area contributed by atoms with Crippen LogP contribution in [0.1, 0.15) is 45.1 Å². The minimum Gasteiger partial charge on any atom is -0.490 e. The summed E-state index contributed by atoms with van der Waals surface area (Å²) in [4.78, 5) is 27.3. The highest BCUT2D eigenvalue weighted by molar-refractivity contribution is 6.00. The number of nitrogens with zero attached hydrogens (tertiary/aromatic N) is 2. The van der Waals surface area contributed by atoms with Gasteiger partial charge in [-0.25, -0.2) is 4.79 Å². The van der Waals surface area contributed by atoms with Crippen LogP contribution in [-0.2, 0) is 14.3 Å². The van der Waals surface area contributed by atoms with Crippen molar-refractivity contribution in [1.82, 2.24) is 4.90 Å². The number of Topliss-reactive ketones (excluding diaryl/α,β-unsaturated/α-hetero) is 1. The van der Waals surface area contributed by atoms with Crippen molar-refractivity contribution in [2.45, 2.75) is 39.5 Å². The third kappa shape index (κ3) is 4.59. The van der Waals surface area contributed by atoms with Gasteiger partial charge in [0.15, 0.2) is 17.3 Å². The van der Waals surface area contributed by atoms with Gasteiger partial charge in [-0.1, -0.05) is 19.9 Å². The lowest BCUT2D eigenvalue weighted by Gasteiger charge is -2.37. The normalized spacial score (nSPS) is 22.0. The van der Waals surface area contributed by atoms with E-state index in [0.717, 1.165) is 0 Å². The topological polar surface area (TPSA) is 124 Å². The first kappa shape index (κ1) is 23.6. The Balaban J connectivity index is 1.71. The quantitative estimate of drug-likeness (QED) is 0.715. The number of nitrogens with two attached hydrogens (primary N) is 1. The molecular weight excluding hydrogens is 438 g/mol. The number of amides is 1. The molecule has 1 aliphatic carbocycles. The van der Waals surface area contributed by atoms with E-state index in [1.54, 1.807) is 23.1 Å². The van der Waals surface area contributed by atoms with Crippen molar-refractivity contribution < 1.29 is 28.5 Å². The molecule has 0 unspecified atom stereocenters. The Morgan fingerprint density at radius 2 is 2.00 bits per heavy atom. The SMILES string of the molecule is CCOc1cc([C@H]2C(C#N)=C(N)OC3=C2C(=O)CC(C)(C)C3)ccc1OC(=O)N1CCOCC1. The first-order valence-corrected chi connectivity index (χ1v) is 11.4. The van der Waals surface area contributed by atoms with Crippen LogP contribution in [0.2, 0.25) is 0 Å². The number of ether oxygens (including phenoxy) is 4. The number of carbonyl (C=O) groups excluding carboxylic acids is 2. The summed E-state index contributed by atoms with van der Waals surface area (Å²) in [6.07, 6.45) is 0.398. The minimum atomic E-state index is -0.680. The molecule has 0 spiro atoms. The fourth-order valence-electron chi connectivity index (χ4n) is 4.58. The van der Waals surface area contributed by atoms with Crippen molar-refractivity contribution in [3.63, 3.8) is 0 Å². The number of ketones is 1. The fourth-order valence-corrected chi connectivity index (χ4v) is 4.58. The Morgan fingerprint density at radius 1 is 1.26 bits per heavy atom. The molecule has 1 fully saturated rings. The summed E-state index contributed by atoms with van der Waals surface area (Å²) in [6, 6.07) is 7.16. The molecule has 1 saturated heterocycles. The number of rotatable bonds is 4. The zero-order valence-electron chi connectivity index (χ0n) is 19.7. The highest BCUT2D eigenvalue weighted by atomic mass is 16.6. The molecule has 0 radical (unpaired) electrons. The second-order valence-electron chi connectivity index (χ2n) is 9.31. The predicted octanol–water partition coefficient (Wildman–Crippen LogP) is 3.37. The van der Waals surface area contributed by atoms with E-state index < -0.39 is 12.0 Å². The summed E-state index contributed by atoms with van der Waals surface area (Å²) in [5, 5.41) is 9.84. The van der Waals surface area contributed by atoms with Crippen LogP contribution < -0.4 is 15.2 Å². The molecule has 0 bridgehead atoms. The zero-order valence-corrected chi connectivity index (χ0v) is 19.7. The van der Waals surface area contributed by atoms with Crippen LogP contribution in [0, 0.1) is 16.7 Å². The number of morpholine rings is 1. The summed E-state index contributed by atoms with van der Waals surface area (Å²) >= 11 is 0. The molecule has 1 aromatic carbocycles. The first-order chi connectivity index (χ1) is 16.2. The molecule has 2 aliphatic heterocycles. The van der Waals surface area contributed by atoms with Crippen LogP contribution in [-0.4, -0.2) is 49.7 Å². The summed E-state index contributed by atoms with van der Waals surface area (Å²) < 4.78 is 22.4. The summed E-state index contributed by atoms with van der Waals surface area (Å²) in [6.45, 7) is 7.98. The van der Waals surface area contributed by atoms with Gasteiger partial charge in [-0.05, 0) is 30.0 Å². The molecule has 9 heteroatoms. The molecule has 3 aliphatic rings. The molecule has 4 rings (SSSR count). The molecule has 1 aromatic rings. The van der Waals surface area contributed by atoms with E-state index in [1.165, 1.54) is 0 Å². The third-order valence-corrected chi connectivity index (χ3v) is 6.14. The number of hydrogen-bond donors (Lipinski definition) is 1. The molecule has 34 heavy (non-hydrogen) atoms. The van der Waals surface area contributed by atoms with Gasteiger partial charge < -0.3 is 29.6 Å². The predicted molar refractivity (Wildman–Crippen MR) is 122 cm³/mol. The summed E-state index contributed by atoms with van der Waals surface area (Å²) in [7, 11) is 0. The fraction of sp³-hybridized carbons (Fsp3) is 0.480. The van der Waals surface area contributed by atoms with Crippen LogP contribution in [0.15, 0.2) is 41.0 Å². The van der Waals surface area contributed by atoms with E-state index >= 15 is 0 Å². The summed E-state index contributed by atoms with van der Waals surface area (Å²) in [5.74, 6) is 0.350. The Bertz CT molecular complexity index is 1110. The van der Waals surface area contributed by atoms with Gasteiger partial charge in [0.05, 0.1) is 25.7 Å². The minimum absolute atomic E-state index is 0.00229. The van der Waals surface area contributed by atoms with E-state index in [0.29, 0.717) is 68.4 Å². The number of nitriles is 1. The second-order valence-corrected chi connectivity index (χ2v) is 9.31. The molecule has 180 valence electrons. The lowest BCUT2D eigenvalue weighted by Crippen LogP contribution is -2.42. The van der Waals surface area contributed by atoms with E-state index in [1.807, 2.05) is 20.8 Å². The third-order valence-electron chi connectivity index (χ3n) is 6.14. The van der Waals surface area contributed by atoms with Crippen molar-refractivity contribution in [2.75, 3.05) is 32.9 Å². The Morgan fingerprint density at radius 3 is 2.68 bits per heavy atom. The molecule has 9 nitrogen and oxygen atoms in total. The molecule has 2 heterocycles. The van der Waals surface area contributed by atoms with Crippen molar-refractivity contribution in [3.8, 4) is 17.6 Å². The lowest BCUT2D eigenvalue weighted by molar-refractivity contribution is -0.119. The van der Waals surface area contributed by atoms with Gasteiger partial charge in [-0.3, -0.25) is 4.79 Å². The van der Waals surface area contributed by atoms with Gasteiger partial charge in [0.1, 0.15) is 17.4 Å². The van der Waals surface area contributed by atoms with Crippen molar-refractivity contribution in [1.29, 1.82) is 5.26 Å². The molecule has 0 aromatic heterocycles. The van der Waals surface area contributed by atoms with Crippen LogP contribution >= 0.6 is 0 Å². The van der Waals surface area contributed by atoms with Gasteiger partial charge >= 0.3 is 6.09 Å². The molecule has 2 N–H and O–H groups in total. The monoisotopic (exact) mass is 467 g/mol. The zero-order chi connectivity index (χ0) is 24.5. The Kier molecular flexibility index (Phi) is 6.53.